The zero-order chi connectivity index (χ0) is 20.4. The van der Waals surface area contributed by atoms with Crippen molar-refractivity contribution in [2.45, 2.75) is 6.92 Å². The number of furan rings is 1. The summed E-state index contributed by atoms with van der Waals surface area (Å²) < 4.78 is 16.1. The lowest BCUT2D eigenvalue weighted by Gasteiger charge is -2.13. The molecule has 0 radical (unpaired) electrons. The van der Waals surface area contributed by atoms with E-state index in [0.717, 1.165) is 16.5 Å². The van der Waals surface area contributed by atoms with Gasteiger partial charge >= 0.3 is 0 Å². The molecule has 0 spiro atoms. The van der Waals surface area contributed by atoms with E-state index in [9.17, 15) is 4.79 Å². The number of carbonyl (C=O) groups is 1. The summed E-state index contributed by atoms with van der Waals surface area (Å²) in [6, 6.07) is 16.4. The van der Waals surface area contributed by atoms with Gasteiger partial charge in [0, 0.05) is 11.5 Å². The summed E-state index contributed by atoms with van der Waals surface area (Å²) in [4.78, 5) is 17.9. The van der Waals surface area contributed by atoms with E-state index in [-0.39, 0.29) is 5.91 Å². The Kier molecular flexibility index (Phi) is 4.91. The summed E-state index contributed by atoms with van der Waals surface area (Å²) in [5.74, 6) is 1.49. The molecule has 0 fully saturated rings. The number of hydrogen-bond acceptors (Lipinski definition) is 5. The fraction of sp³-hybridized carbons (Fsp3) is 0.130. The molecular weight excluding hydrogens is 368 g/mol. The summed E-state index contributed by atoms with van der Waals surface area (Å²) in [6.45, 7) is 1.98. The van der Waals surface area contributed by atoms with E-state index in [2.05, 4.69) is 10.3 Å². The predicted molar refractivity (Wildman–Crippen MR) is 112 cm³/mol. The van der Waals surface area contributed by atoms with Crippen LogP contribution in [0.3, 0.4) is 0 Å². The number of fused-ring (bicyclic) bond motifs is 1. The Morgan fingerprint density at radius 1 is 1.03 bits per heavy atom. The molecule has 0 unspecified atom stereocenters. The lowest BCUT2D eigenvalue weighted by atomic mass is 10.0. The topological polar surface area (TPSA) is 73.6 Å². The van der Waals surface area contributed by atoms with Crippen LogP contribution in [0.4, 0.5) is 5.69 Å². The molecule has 1 amide bonds. The largest absolute Gasteiger partial charge is 0.497 e. The summed E-state index contributed by atoms with van der Waals surface area (Å²) in [7, 11) is 3.12. The molecule has 0 aliphatic heterocycles. The van der Waals surface area contributed by atoms with Crippen molar-refractivity contribution in [3.8, 4) is 23.0 Å². The van der Waals surface area contributed by atoms with Gasteiger partial charge in [0.2, 0.25) is 0 Å². The van der Waals surface area contributed by atoms with Crippen LogP contribution in [0, 0.1) is 6.92 Å². The van der Waals surface area contributed by atoms with Gasteiger partial charge in [-0.05, 0) is 49.4 Å². The summed E-state index contributed by atoms with van der Waals surface area (Å²) >= 11 is 0. The zero-order valence-electron chi connectivity index (χ0n) is 16.4. The van der Waals surface area contributed by atoms with E-state index >= 15 is 0 Å². The van der Waals surface area contributed by atoms with Gasteiger partial charge < -0.3 is 19.2 Å². The predicted octanol–water partition coefficient (Wildman–Crippen LogP) is 5.07. The molecule has 0 aliphatic carbocycles. The summed E-state index contributed by atoms with van der Waals surface area (Å²) in [5.41, 5.74) is 3.41. The highest BCUT2D eigenvalue weighted by molar-refractivity contribution is 6.13. The molecule has 0 aliphatic rings. The van der Waals surface area contributed by atoms with Crippen LogP contribution in [0.25, 0.3) is 22.4 Å². The normalized spacial score (nSPS) is 10.7. The van der Waals surface area contributed by atoms with Crippen molar-refractivity contribution < 1.29 is 18.7 Å². The van der Waals surface area contributed by atoms with Crippen LogP contribution in [-0.2, 0) is 0 Å². The maximum absolute atomic E-state index is 13.2. The van der Waals surface area contributed by atoms with E-state index in [1.54, 1.807) is 50.8 Å². The third-order valence-electron chi connectivity index (χ3n) is 4.64. The molecule has 0 atom stereocenters. The monoisotopic (exact) mass is 388 g/mol. The van der Waals surface area contributed by atoms with Crippen LogP contribution in [0.5, 0.6) is 11.5 Å². The highest BCUT2D eigenvalue weighted by Gasteiger charge is 2.17. The van der Waals surface area contributed by atoms with E-state index in [4.69, 9.17) is 13.9 Å². The number of anilines is 1. The fourth-order valence-electron chi connectivity index (χ4n) is 3.17. The Bertz CT molecular complexity index is 1180. The highest BCUT2D eigenvalue weighted by Crippen LogP contribution is 2.31. The molecule has 0 saturated carbocycles. The molecule has 4 rings (SSSR count). The second kappa shape index (κ2) is 7.67. The lowest BCUT2D eigenvalue weighted by molar-refractivity contribution is 0.102. The minimum absolute atomic E-state index is 0.265. The number of aryl methyl sites for hydroxylation is 1. The number of benzene rings is 2. The standard InChI is InChI=1S/C23H20N2O4/c1-14-6-8-18-16(11-14)17(13-20(24-18)21-5-4-10-29-21)23(26)25-19-9-7-15(27-2)12-22(19)28-3/h4-13H,1-3H3,(H,25,26). The Hall–Kier alpha value is -3.80. The molecule has 1 N–H and O–H groups in total. The minimum Gasteiger partial charge on any atom is -0.497 e. The van der Waals surface area contributed by atoms with Gasteiger partial charge in [-0.25, -0.2) is 4.98 Å². The molecule has 0 saturated heterocycles. The second-order valence-electron chi connectivity index (χ2n) is 6.57. The van der Waals surface area contributed by atoms with Gasteiger partial charge in [-0.3, -0.25) is 4.79 Å². The van der Waals surface area contributed by atoms with Crippen molar-refractivity contribution in [3.05, 3.63) is 72.0 Å². The van der Waals surface area contributed by atoms with Gasteiger partial charge in [-0.2, -0.15) is 0 Å². The SMILES string of the molecule is COc1ccc(NC(=O)c2cc(-c3ccco3)nc3ccc(C)cc23)c(OC)c1. The molecule has 2 aromatic carbocycles. The molecule has 6 heteroatoms. The number of amides is 1. The van der Waals surface area contributed by atoms with Gasteiger partial charge in [-0.1, -0.05) is 11.6 Å². The van der Waals surface area contributed by atoms with Crippen LogP contribution in [-0.4, -0.2) is 25.1 Å². The van der Waals surface area contributed by atoms with E-state index in [1.807, 2.05) is 31.2 Å². The van der Waals surface area contributed by atoms with Crippen molar-refractivity contribution in [1.29, 1.82) is 0 Å². The van der Waals surface area contributed by atoms with Crippen molar-refractivity contribution >= 4 is 22.5 Å². The quantitative estimate of drug-likeness (QED) is 0.516. The van der Waals surface area contributed by atoms with E-state index < -0.39 is 0 Å². The average molecular weight is 388 g/mol. The van der Waals surface area contributed by atoms with Gasteiger partial charge in [0.25, 0.3) is 5.91 Å². The molecular formula is C23H20N2O4. The molecule has 4 aromatic rings. The lowest BCUT2D eigenvalue weighted by Crippen LogP contribution is -2.14. The molecule has 2 heterocycles. The highest BCUT2D eigenvalue weighted by atomic mass is 16.5. The van der Waals surface area contributed by atoms with Crippen LogP contribution in [0.15, 0.2) is 65.3 Å². The molecule has 0 bridgehead atoms. The number of hydrogen-bond donors (Lipinski definition) is 1. The number of carbonyl (C=O) groups excluding carboxylic acids is 1. The van der Waals surface area contributed by atoms with Crippen LogP contribution >= 0.6 is 0 Å². The smallest absolute Gasteiger partial charge is 0.256 e. The van der Waals surface area contributed by atoms with Gasteiger partial charge in [0.15, 0.2) is 5.76 Å². The Morgan fingerprint density at radius 2 is 1.90 bits per heavy atom. The average Bonchev–Trinajstić information content (AvgIpc) is 3.28. The molecule has 6 nitrogen and oxygen atoms in total. The third-order valence-corrected chi connectivity index (χ3v) is 4.64. The number of ether oxygens (including phenoxy) is 2. The first kappa shape index (κ1) is 18.6. The fourth-order valence-corrected chi connectivity index (χ4v) is 3.17. The first-order chi connectivity index (χ1) is 14.1. The number of nitrogens with zero attached hydrogens (tertiary/aromatic N) is 1. The van der Waals surface area contributed by atoms with Crippen molar-refractivity contribution in [1.82, 2.24) is 4.98 Å². The van der Waals surface area contributed by atoms with Gasteiger partial charge in [0.05, 0.1) is 37.3 Å². The maximum Gasteiger partial charge on any atom is 0.256 e. The first-order valence-corrected chi connectivity index (χ1v) is 9.07. The number of rotatable bonds is 5. The molecule has 2 aromatic heterocycles. The molecule has 146 valence electrons. The Morgan fingerprint density at radius 3 is 2.62 bits per heavy atom. The minimum atomic E-state index is -0.265. The first-order valence-electron chi connectivity index (χ1n) is 9.07. The molecule has 29 heavy (non-hydrogen) atoms. The van der Waals surface area contributed by atoms with Gasteiger partial charge in [0.1, 0.15) is 17.2 Å². The van der Waals surface area contributed by atoms with E-state index in [1.165, 1.54) is 0 Å². The summed E-state index contributed by atoms with van der Waals surface area (Å²) in [6.07, 6.45) is 1.58. The number of aromatic nitrogens is 1. The van der Waals surface area contributed by atoms with Crippen molar-refractivity contribution in [2.75, 3.05) is 19.5 Å². The van der Waals surface area contributed by atoms with Crippen molar-refractivity contribution in [3.63, 3.8) is 0 Å². The van der Waals surface area contributed by atoms with E-state index in [0.29, 0.717) is 34.2 Å². The number of nitrogens with one attached hydrogen (secondary N) is 1. The van der Waals surface area contributed by atoms with Crippen molar-refractivity contribution in [2.24, 2.45) is 0 Å². The number of pyridine rings is 1. The third kappa shape index (κ3) is 3.65. The maximum atomic E-state index is 13.2. The van der Waals surface area contributed by atoms with Crippen LogP contribution in [0.2, 0.25) is 0 Å². The zero-order valence-corrected chi connectivity index (χ0v) is 16.4. The number of methoxy groups -OCH3 is 2. The van der Waals surface area contributed by atoms with Gasteiger partial charge in [-0.15, -0.1) is 0 Å². The summed E-state index contributed by atoms with van der Waals surface area (Å²) in [5, 5.41) is 3.70. The van der Waals surface area contributed by atoms with Crippen LogP contribution in [0.1, 0.15) is 15.9 Å². The second-order valence-corrected chi connectivity index (χ2v) is 6.57. The van der Waals surface area contributed by atoms with Crippen LogP contribution < -0.4 is 14.8 Å². The Balaban J connectivity index is 1.80. The Labute approximate surface area is 168 Å².